The normalized spacial score (nSPS) is 20.8. The molecular formula is C6H14ClNO2S. The molecule has 68 valence electrons. The van der Waals surface area contributed by atoms with E-state index in [0.29, 0.717) is 0 Å². The molecule has 1 heterocycles. The van der Waals surface area contributed by atoms with E-state index in [4.69, 9.17) is 0 Å². The van der Waals surface area contributed by atoms with Gasteiger partial charge < -0.3 is 5.32 Å². The van der Waals surface area contributed by atoms with Crippen molar-refractivity contribution in [2.45, 2.75) is 18.1 Å². The molecule has 1 N–H and O–H groups in total. The van der Waals surface area contributed by atoms with Gasteiger partial charge in [-0.25, -0.2) is 8.42 Å². The molecule has 1 aliphatic rings. The summed E-state index contributed by atoms with van der Waals surface area (Å²) in [6.45, 7) is 1.69. The molecule has 1 rings (SSSR count). The van der Waals surface area contributed by atoms with Gasteiger partial charge in [0.25, 0.3) is 0 Å². The lowest BCUT2D eigenvalue weighted by atomic mass is 10.2. The maximum Gasteiger partial charge on any atom is 0.150 e. The van der Waals surface area contributed by atoms with Crippen molar-refractivity contribution in [2.24, 2.45) is 0 Å². The summed E-state index contributed by atoms with van der Waals surface area (Å²) in [5, 5.41) is 3.03. The Bertz CT molecular complexity index is 197. The summed E-state index contributed by atoms with van der Waals surface area (Å²) in [6, 6.07) is 0. The van der Waals surface area contributed by atoms with Crippen LogP contribution in [0.25, 0.3) is 0 Å². The van der Waals surface area contributed by atoms with Crippen molar-refractivity contribution in [3.63, 3.8) is 0 Å². The summed E-state index contributed by atoms with van der Waals surface area (Å²) >= 11 is 0. The first-order valence-electron chi connectivity index (χ1n) is 3.50. The second-order valence-corrected chi connectivity index (χ2v) is 5.10. The highest BCUT2D eigenvalue weighted by atomic mass is 35.5. The Morgan fingerprint density at radius 1 is 1.27 bits per heavy atom. The Balaban J connectivity index is 0.000001000. The molecule has 11 heavy (non-hydrogen) atoms. The maximum atomic E-state index is 11.0. The van der Waals surface area contributed by atoms with Crippen LogP contribution in [0, 0.1) is 0 Å². The number of hydrogen-bond donors (Lipinski definition) is 1. The molecule has 5 heteroatoms. The Kier molecular flexibility index (Phi) is 4.36. The van der Waals surface area contributed by atoms with Gasteiger partial charge >= 0.3 is 0 Å². The molecule has 0 saturated carbocycles. The van der Waals surface area contributed by atoms with Gasteiger partial charge in [-0.2, -0.15) is 0 Å². The van der Waals surface area contributed by atoms with Gasteiger partial charge in [-0.1, -0.05) is 0 Å². The standard InChI is InChI=1S/C6H13NO2S.ClH/c1-10(8,9)6-2-4-7-5-3-6;/h6-7H,2-5H2,1H3;1H. The third kappa shape index (κ3) is 3.40. The maximum absolute atomic E-state index is 11.0. The van der Waals surface area contributed by atoms with Crippen LogP contribution in [0.15, 0.2) is 0 Å². The van der Waals surface area contributed by atoms with Gasteiger partial charge in [0.1, 0.15) is 9.84 Å². The van der Waals surface area contributed by atoms with Crippen molar-refractivity contribution in [2.75, 3.05) is 19.3 Å². The van der Waals surface area contributed by atoms with Crippen molar-refractivity contribution in [3.05, 3.63) is 0 Å². The van der Waals surface area contributed by atoms with Crippen LogP contribution in [-0.4, -0.2) is 33.0 Å². The Morgan fingerprint density at radius 3 is 2.00 bits per heavy atom. The van der Waals surface area contributed by atoms with Crippen LogP contribution in [0.3, 0.4) is 0 Å². The molecule has 1 saturated heterocycles. The molecular weight excluding hydrogens is 186 g/mol. The van der Waals surface area contributed by atoms with E-state index in [1.54, 1.807) is 0 Å². The van der Waals surface area contributed by atoms with Gasteiger partial charge in [0.2, 0.25) is 0 Å². The average Bonchev–Trinajstić information content (AvgIpc) is 1.88. The number of halogens is 1. The quantitative estimate of drug-likeness (QED) is 0.657. The minimum Gasteiger partial charge on any atom is -0.317 e. The van der Waals surface area contributed by atoms with Crippen LogP contribution in [0.1, 0.15) is 12.8 Å². The molecule has 0 aromatic rings. The van der Waals surface area contributed by atoms with Crippen molar-refractivity contribution in [1.82, 2.24) is 5.32 Å². The van der Waals surface area contributed by atoms with Gasteiger partial charge in [0.15, 0.2) is 0 Å². The monoisotopic (exact) mass is 199 g/mol. The SMILES string of the molecule is CS(=O)(=O)C1CCNCC1.Cl. The van der Waals surface area contributed by atoms with E-state index in [0.717, 1.165) is 25.9 Å². The minimum atomic E-state index is -2.77. The number of rotatable bonds is 1. The fourth-order valence-corrected chi connectivity index (χ4v) is 2.32. The summed E-state index contributed by atoms with van der Waals surface area (Å²) in [6.07, 6.45) is 2.88. The zero-order valence-electron chi connectivity index (χ0n) is 6.54. The van der Waals surface area contributed by atoms with Gasteiger partial charge in [-0.15, -0.1) is 12.4 Å². The molecule has 0 aromatic heterocycles. The van der Waals surface area contributed by atoms with Crippen molar-refractivity contribution >= 4 is 22.2 Å². The summed E-state index contributed by atoms with van der Waals surface area (Å²) in [7, 11) is -2.77. The number of hydrogen-bond acceptors (Lipinski definition) is 3. The van der Waals surface area contributed by atoms with Gasteiger partial charge in [0.05, 0.1) is 5.25 Å². The first-order valence-corrected chi connectivity index (χ1v) is 5.46. The Labute approximate surface area is 73.9 Å². The summed E-state index contributed by atoms with van der Waals surface area (Å²) in [4.78, 5) is 0. The molecule has 0 spiro atoms. The lowest BCUT2D eigenvalue weighted by Gasteiger charge is -2.20. The number of piperidine rings is 1. The molecule has 1 aliphatic heterocycles. The minimum absolute atomic E-state index is 0. The molecule has 0 atom stereocenters. The molecule has 0 unspecified atom stereocenters. The molecule has 1 fully saturated rings. The average molecular weight is 200 g/mol. The highest BCUT2D eigenvalue weighted by Gasteiger charge is 2.22. The fraction of sp³-hybridized carbons (Fsp3) is 1.00. The van der Waals surface area contributed by atoms with E-state index < -0.39 is 9.84 Å². The number of nitrogens with one attached hydrogen (secondary N) is 1. The molecule has 0 bridgehead atoms. The number of sulfone groups is 1. The third-order valence-corrected chi connectivity index (χ3v) is 3.57. The second-order valence-electron chi connectivity index (χ2n) is 2.78. The van der Waals surface area contributed by atoms with Crippen LogP contribution in [0.5, 0.6) is 0 Å². The Hall–Kier alpha value is 0.200. The molecule has 0 aliphatic carbocycles. The van der Waals surface area contributed by atoms with Gasteiger partial charge in [-0.05, 0) is 25.9 Å². The van der Waals surface area contributed by atoms with E-state index >= 15 is 0 Å². The topological polar surface area (TPSA) is 46.2 Å². The first-order chi connectivity index (χ1) is 4.61. The van der Waals surface area contributed by atoms with E-state index in [2.05, 4.69) is 5.32 Å². The summed E-state index contributed by atoms with van der Waals surface area (Å²) in [5.41, 5.74) is 0. The lowest BCUT2D eigenvalue weighted by molar-refractivity contribution is 0.499. The molecule has 3 nitrogen and oxygen atoms in total. The van der Waals surface area contributed by atoms with E-state index in [1.165, 1.54) is 6.26 Å². The summed E-state index contributed by atoms with van der Waals surface area (Å²) in [5.74, 6) is 0. The van der Waals surface area contributed by atoms with Crippen molar-refractivity contribution in [3.8, 4) is 0 Å². The van der Waals surface area contributed by atoms with Crippen LogP contribution in [0.4, 0.5) is 0 Å². The smallest absolute Gasteiger partial charge is 0.150 e. The van der Waals surface area contributed by atoms with E-state index in [-0.39, 0.29) is 17.7 Å². The van der Waals surface area contributed by atoms with Crippen molar-refractivity contribution < 1.29 is 8.42 Å². The fourth-order valence-electron chi connectivity index (χ4n) is 1.22. The third-order valence-electron chi connectivity index (χ3n) is 1.89. The van der Waals surface area contributed by atoms with Crippen LogP contribution < -0.4 is 5.32 Å². The largest absolute Gasteiger partial charge is 0.317 e. The zero-order valence-corrected chi connectivity index (χ0v) is 8.17. The first kappa shape index (κ1) is 11.2. The second kappa shape index (κ2) is 4.28. The predicted molar refractivity (Wildman–Crippen MR) is 48.0 cm³/mol. The lowest BCUT2D eigenvalue weighted by Crippen LogP contribution is -2.35. The van der Waals surface area contributed by atoms with E-state index in [9.17, 15) is 8.42 Å². The van der Waals surface area contributed by atoms with Crippen LogP contribution in [-0.2, 0) is 9.84 Å². The Morgan fingerprint density at radius 2 is 1.73 bits per heavy atom. The van der Waals surface area contributed by atoms with Gasteiger partial charge in [0, 0.05) is 6.26 Å². The highest BCUT2D eigenvalue weighted by Crippen LogP contribution is 2.10. The molecule has 0 radical (unpaired) electrons. The van der Waals surface area contributed by atoms with Crippen LogP contribution >= 0.6 is 12.4 Å². The van der Waals surface area contributed by atoms with E-state index in [1.807, 2.05) is 0 Å². The molecule has 0 aromatic carbocycles. The highest BCUT2D eigenvalue weighted by molar-refractivity contribution is 7.91. The van der Waals surface area contributed by atoms with Crippen molar-refractivity contribution in [1.29, 1.82) is 0 Å². The predicted octanol–water partition coefficient (Wildman–Crippen LogP) is 0.205. The summed E-state index contributed by atoms with van der Waals surface area (Å²) < 4.78 is 21.9. The van der Waals surface area contributed by atoms with Gasteiger partial charge in [-0.3, -0.25) is 0 Å². The zero-order chi connectivity index (χ0) is 7.61. The molecule has 0 amide bonds. The van der Waals surface area contributed by atoms with Crippen LogP contribution in [0.2, 0.25) is 0 Å².